The van der Waals surface area contributed by atoms with E-state index in [2.05, 4.69) is 6.92 Å². The van der Waals surface area contributed by atoms with Crippen molar-refractivity contribution in [1.29, 1.82) is 0 Å². The Labute approximate surface area is 181 Å². The minimum atomic E-state index is -1.02. The number of benzene rings is 1. The van der Waals surface area contributed by atoms with Crippen LogP contribution in [-0.2, 0) is 20.8 Å². The molecule has 0 bridgehead atoms. The van der Waals surface area contributed by atoms with Crippen molar-refractivity contribution in [1.82, 2.24) is 0 Å². The average Bonchev–Trinajstić information content (AvgIpc) is 2.80. The highest BCUT2D eigenvalue weighted by Gasteiger charge is 2.22. The highest BCUT2D eigenvalue weighted by molar-refractivity contribution is 5.26. The van der Waals surface area contributed by atoms with Crippen molar-refractivity contribution in [2.45, 2.75) is 79.4 Å². The fraction of sp³-hybridized carbons (Fsp3) is 0.600. The first-order chi connectivity index (χ1) is 14.5. The van der Waals surface area contributed by atoms with E-state index in [1.54, 1.807) is 6.92 Å². The average molecular weight is 425 g/mol. The molecule has 5 heteroatoms. The third-order valence-corrected chi connectivity index (χ3v) is 5.21. The number of hydrogen-bond donors (Lipinski definition) is 0. The van der Waals surface area contributed by atoms with Crippen molar-refractivity contribution in [2.24, 2.45) is 5.92 Å². The zero-order chi connectivity index (χ0) is 22.5. The Morgan fingerprint density at radius 3 is 2.23 bits per heavy atom. The van der Waals surface area contributed by atoms with Gasteiger partial charge in [0, 0.05) is 6.42 Å². The molecule has 1 saturated heterocycles. The van der Waals surface area contributed by atoms with Crippen LogP contribution in [0.3, 0.4) is 0 Å². The number of halogens is 2. The Bertz CT molecular complexity index is 672. The van der Waals surface area contributed by atoms with E-state index in [0.717, 1.165) is 24.2 Å². The minimum absolute atomic E-state index is 0.0180. The third-order valence-electron chi connectivity index (χ3n) is 5.21. The summed E-state index contributed by atoms with van der Waals surface area (Å²) in [5.74, 6) is -1.47. The molecule has 170 valence electrons. The van der Waals surface area contributed by atoms with Gasteiger partial charge >= 0.3 is 0 Å². The second kappa shape index (κ2) is 14.2. The van der Waals surface area contributed by atoms with Crippen LogP contribution in [-0.4, -0.2) is 13.7 Å². The van der Waals surface area contributed by atoms with Crippen LogP contribution in [0.25, 0.3) is 0 Å². The molecule has 0 saturated carbocycles. The predicted molar refractivity (Wildman–Crippen MR) is 118 cm³/mol. The fourth-order valence-corrected chi connectivity index (χ4v) is 3.39. The molecule has 0 aliphatic carbocycles. The second-order valence-electron chi connectivity index (χ2n) is 7.25. The van der Waals surface area contributed by atoms with Crippen LogP contribution in [0, 0.1) is 5.92 Å². The number of hydrogen-bond acceptors (Lipinski definition) is 3. The first-order valence-electron chi connectivity index (χ1n) is 11.1. The van der Waals surface area contributed by atoms with Gasteiger partial charge in [0.2, 0.25) is 0 Å². The van der Waals surface area contributed by atoms with Gasteiger partial charge in [-0.3, -0.25) is 0 Å². The molecule has 1 fully saturated rings. The molecule has 1 aromatic rings. The first kappa shape index (κ1) is 26.2. The molecule has 0 amide bonds. The van der Waals surface area contributed by atoms with E-state index in [9.17, 15) is 8.78 Å². The molecule has 2 unspecified atom stereocenters. The summed E-state index contributed by atoms with van der Waals surface area (Å²) < 4.78 is 44.4. The SMILES string of the molecule is CC.CCCC1CCC(c2ccc(CO/C(CC)=C(F)/C(F)=C(\C)OC)cc2)OC1. The van der Waals surface area contributed by atoms with Gasteiger partial charge in [0.05, 0.1) is 19.8 Å². The van der Waals surface area contributed by atoms with Crippen LogP contribution in [0.15, 0.2) is 47.4 Å². The third kappa shape index (κ3) is 7.75. The lowest BCUT2D eigenvalue weighted by Gasteiger charge is -2.29. The minimum Gasteiger partial charge on any atom is -0.498 e. The Hall–Kier alpha value is -1.88. The van der Waals surface area contributed by atoms with E-state index in [1.165, 1.54) is 33.3 Å². The second-order valence-corrected chi connectivity index (χ2v) is 7.25. The topological polar surface area (TPSA) is 27.7 Å². The molecule has 1 aromatic carbocycles. The standard InChI is InChI=1S/C23H32F2O3.C2H6/c1-5-7-17-10-13-21(28-14-17)19-11-8-18(9-12-19)15-27-20(6-2)23(25)22(24)16(3)26-4;1-2/h8-9,11-12,17,21H,5-7,10,13-15H2,1-4H3;1-2H3/b22-16-,23-20-;. The number of allylic oxidation sites excluding steroid dienone is 4. The molecule has 1 aliphatic heterocycles. The maximum atomic E-state index is 14.2. The highest BCUT2D eigenvalue weighted by Crippen LogP contribution is 2.32. The Balaban J connectivity index is 0.00000218. The molecule has 30 heavy (non-hydrogen) atoms. The van der Waals surface area contributed by atoms with E-state index in [1.807, 2.05) is 38.1 Å². The smallest absolute Gasteiger partial charge is 0.199 e. The van der Waals surface area contributed by atoms with E-state index >= 15 is 0 Å². The fourth-order valence-electron chi connectivity index (χ4n) is 3.39. The van der Waals surface area contributed by atoms with Crippen LogP contribution in [0.4, 0.5) is 8.78 Å². The molecule has 0 spiro atoms. The molecule has 1 heterocycles. The van der Waals surface area contributed by atoms with Crippen LogP contribution >= 0.6 is 0 Å². The molecule has 1 aliphatic rings. The highest BCUT2D eigenvalue weighted by atomic mass is 19.2. The van der Waals surface area contributed by atoms with E-state index in [0.29, 0.717) is 5.92 Å². The lowest BCUT2D eigenvalue weighted by atomic mass is 9.91. The Morgan fingerprint density at radius 1 is 1.07 bits per heavy atom. The van der Waals surface area contributed by atoms with Gasteiger partial charge in [0.1, 0.15) is 18.1 Å². The summed E-state index contributed by atoms with van der Waals surface area (Å²) in [5.41, 5.74) is 2.05. The van der Waals surface area contributed by atoms with Crippen molar-refractivity contribution in [3.63, 3.8) is 0 Å². The zero-order valence-electron chi connectivity index (χ0n) is 19.4. The van der Waals surface area contributed by atoms with Gasteiger partial charge in [0.15, 0.2) is 11.7 Å². The summed E-state index contributed by atoms with van der Waals surface area (Å²) in [4.78, 5) is 0. The summed E-state index contributed by atoms with van der Waals surface area (Å²) >= 11 is 0. The van der Waals surface area contributed by atoms with Gasteiger partial charge in [-0.2, -0.15) is 8.78 Å². The lowest BCUT2D eigenvalue weighted by molar-refractivity contribution is -0.0194. The molecule has 3 nitrogen and oxygen atoms in total. The number of rotatable bonds is 9. The van der Waals surface area contributed by atoms with E-state index in [4.69, 9.17) is 14.2 Å². The Kier molecular flexibility index (Phi) is 12.4. The van der Waals surface area contributed by atoms with Gasteiger partial charge in [0.25, 0.3) is 0 Å². The largest absolute Gasteiger partial charge is 0.498 e. The van der Waals surface area contributed by atoms with Gasteiger partial charge < -0.3 is 14.2 Å². The zero-order valence-corrected chi connectivity index (χ0v) is 19.4. The van der Waals surface area contributed by atoms with Crippen LogP contribution in [0.5, 0.6) is 0 Å². The number of methoxy groups -OCH3 is 1. The predicted octanol–water partition coefficient (Wildman–Crippen LogP) is 7.94. The monoisotopic (exact) mass is 424 g/mol. The van der Waals surface area contributed by atoms with E-state index < -0.39 is 11.7 Å². The van der Waals surface area contributed by atoms with Crippen LogP contribution in [0.1, 0.15) is 84.0 Å². The van der Waals surface area contributed by atoms with Crippen molar-refractivity contribution in [3.05, 3.63) is 58.6 Å². The Morgan fingerprint density at radius 2 is 1.73 bits per heavy atom. The molecule has 0 radical (unpaired) electrons. The van der Waals surface area contributed by atoms with Crippen LogP contribution in [0.2, 0.25) is 0 Å². The maximum absolute atomic E-state index is 14.2. The molecule has 0 N–H and O–H groups in total. The summed E-state index contributed by atoms with van der Waals surface area (Å²) in [5, 5.41) is 0. The summed E-state index contributed by atoms with van der Waals surface area (Å²) in [6.45, 7) is 10.3. The molecule has 2 atom stereocenters. The summed E-state index contributed by atoms with van der Waals surface area (Å²) in [7, 11) is 1.30. The van der Waals surface area contributed by atoms with Crippen LogP contribution < -0.4 is 0 Å². The molecular formula is C25H38F2O3. The first-order valence-corrected chi connectivity index (χ1v) is 11.1. The van der Waals surface area contributed by atoms with Gasteiger partial charge in [-0.15, -0.1) is 0 Å². The van der Waals surface area contributed by atoms with Crippen molar-refractivity contribution >= 4 is 0 Å². The maximum Gasteiger partial charge on any atom is 0.199 e. The molecule has 0 aromatic heterocycles. The lowest BCUT2D eigenvalue weighted by Crippen LogP contribution is -2.20. The van der Waals surface area contributed by atoms with Gasteiger partial charge in [-0.25, -0.2) is 0 Å². The quantitative estimate of drug-likeness (QED) is 0.297. The van der Waals surface area contributed by atoms with Crippen molar-refractivity contribution in [3.8, 4) is 0 Å². The number of ether oxygens (including phenoxy) is 3. The van der Waals surface area contributed by atoms with Gasteiger partial charge in [-0.05, 0) is 43.2 Å². The van der Waals surface area contributed by atoms with Gasteiger partial charge in [-0.1, -0.05) is 58.4 Å². The van der Waals surface area contributed by atoms with Crippen molar-refractivity contribution < 1.29 is 23.0 Å². The summed E-state index contributed by atoms with van der Waals surface area (Å²) in [6, 6.07) is 7.97. The molecule has 2 rings (SSSR count). The molecular weight excluding hydrogens is 386 g/mol. The van der Waals surface area contributed by atoms with E-state index in [-0.39, 0.29) is 30.6 Å². The summed E-state index contributed by atoms with van der Waals surface area (Å²) in [6.07, 6.45) is 5.07. The normalized spacial score (nSPS) is 20.4. The van der Waals surface area contributed by atoms with Crippen molar-refractivity contribution in [2.75, 3.05) is 13.7 Å².